The number of aryl methyl sites for hydroxylation is 1. The molecule has 0 aliphatic heterocycles. The fraction of sp³-hybridized carbons (Fsp3) is 0.429. The van der Waals surface area contributed by atoms with Gasteiger partial charge in [-0.05, 0) is 33.0 Å². The summed E-state index contributed by atoms with van der Waals surface area (Å²) in [6.07, 6.45) is 1.02. The molecule has 2 rings (SSSR count). The van der Waals surface area contributed by atoms with E-state index >= 15 is 0 Å². The third kappa shape index (κ3) is 2.33. The van der Waals surface area contributed by atoms with Crippen LogP contribution in [0.3, 0.4) is 0 Å². The normalized spacial score (nSPS) is 13.2. The average Bonchev–Trinajstić information content (AvgIpc) is 2.67. The minimum Gasteiger partial charge on any atom is -0.344 e. The van der Waals surface area contributed by atoms with Crippen molar-refractivity contribution in [2.24, 2.45) is 0 Å². The van der Waals surface area contributed by atoms with Crippen LogP contribution in [-0.2, 0) is 13.0 Å². The predicted molar refractivity (Wildman–Crippen MR) is 74.8 cm³/mol. The van der Waals surface area contributed by atoms with E-state index in [1.54, 1.807) is 0 Å². The number of para-hydroxylation sites is 1. The molecule has 2 nitrogen and oxygen atoms in total. The zero-order valence-corrected chi connectivity index (χ0v) is 11.4. The molecular formula is C14H19ClN2. The fourth-order valence-electron chi connectivity index (χ4n) is 2.28. The Labute approximate surface area is 108 Å². The quantitative estimate of drug-likeness (QED) is 0.879. The van der Waals surface area contributed by atoms with E-state index in [1.165, 1.54) is 11.1 Å². The first-order valence-corrected chi connectivity index (χ1v) is 6.49. The summed E-state index contributed by atoms with van der Waals surface area (Å²) in [5.74, 6) is 0. The van der Waals surface area contributed by atoms with Crippen LogP contribution in [0.1, 0.15) is 19.5 Å². The van der Waals surface area contributed by atoms with Gasteiger partial charge in [-0.3, -0.25) is 0 Å². The van der Waals surface area contributed by atoms with Gasteiger partial charge >= 0.3 is 0 Å². The van der Waals surface area contributed by atoms with Crippen LogP contribution >= 0.6 is 11.6 Å². The van der Waals surface area contributed by atoms with Crippen molar-refractivity contribution in [3.8, 4) is 0 Å². The van der Waals surface area contributed by atoms with E-state index in [9.17, 15) is 0 Å². The number of hydrogen-bond donors (Lipinski definition) is 1. The topological polar surface area (TPSA) is 17.0 Å². The summed E-state index contributed by atoms with van der Waals surface area (Å²) in [6.45, 7) is 5.31. The lowest BCUT2D eigenvalue weighted by atomic mass is 10.2. The Hall–Kier alpha value is -0.990. The molecule has 0 aliphatic rings. The first kappa shape index (κ1) is 12.5. The number of hydrogen-bond acceptors (Lipinski definition) is 1. The molecule has 0 saturated heterocycles. The molecule has 0 fully saturated rings. The molecule has 1 atom stereocenters. The highest BCUT2D eigenvalue weighted by Crippen LogP contribution is 2.27. The summed E-state index contributed by atoms with van der Waals surface area (Å²) in [5.41, 5.74) is 2.51. The second kappa shape index (κ2) is 5.11. The summed E-state index contributed by atoms with van der Waals surface area (Å²) < 4.78 is 2.31. The number of nitrogens with one attached hydrogen (secondary N) is 1. The van der Waals surface area contributed by atoms with Gasteiger partial charge in [-0.25, -0.2) is 0 Å². The van der Waals surface area contributed by atoms with Gasteiger partial charge in [-0.15, -0.1) is 0 Å². The minimum absolute atomic E-state index is 0.475. The van der Waals surface area contributed by atoms with Crippen molar-refractivity contribution in [2.45, 2.75) is 32.9 Å². The number of likely N-dealkylation sites (N-methyl/N-ethyl adjacent to an activating group) is 1. The van der Waals surface area contributed by atoms with E-state index in [4.69, 9.17) is 11.6 Å². The van der Waals surface area contributed by atoms with Crippen molar-refractivity contribution < 1.29 is 0 Å². The van der Waals surface area contributed by atoms with Crippen molar-refractivity contribution in [1.29, 1.82) is 0 Å². The van der Waals surface area contributed by atoms with Crippen LogP contribution in [0.15, 0.2) is 24.3 Å². The van der Waals surface area contributed by atoms with Crippen LogP contribution in [0.25, 0.3) is 10.9 Å². The average molecular weight is 251 g/mol. The van der Waals surface area contributed by atoms with Gasteiger partial charge in [0.25, 0.3) is 0 Å². The largest absolute Gasteiger partial charge is 0.344 e. The highest BCUT2D eigenvalue weighted by molar-refractivity contribution is 6.35. The van der Waals surface area contributed by atoms with Crippen molar-refractivity contribution >= 4 is 22.5 Å². The third-order valence-electron chi connectivity index (χ3n) is 3.28. The Morgan fingerprint density at radius 3 is 2.82 bits per heavy atom. The van der Waals surface area contributed by atoms with E-state index in [0.717, 1.165) is 23.5 Å². The number of rotatable bonds is 4. The lowest BCUT2D eigenvalue weighted by Crippen LogP contribution is -2.24. The van der Waals surface area contributed by atoms with Crippen molar-refractivity contribution in [3.05, 3.63) is 35.0 Å². The zero-order valence-electron chi connectivity index (χ0n) is 10.6. The van der Waals surface area contributed by atoms with E-state index in [2.05, 4.69) is 35.9 Å². The van der Waals surface area contributed by atoms with Gasteiger partial charge in [-0.2, -0.15) is 0 Å². The van der Waals surface area contributed by atoms with E-state index in [1.807, 2.05) is 19.2 Å². The molecule has 0 bridgehead atoms. The third-order valence-corrected chi connectivity index (χ3v) is 3.59. The second-order valence-electron chi connectivity index (χ2n) is 4.45. The molecule has 1 N–H and O–H groups in total. The highest BCUT2D eigenvalue weighted by Gasteiger charge is 2.11. The Morgan fingerprint density at radius 1 is 1.41 bits per heavy atom. The molecule has 2 aromatic rings. The van der Waals surface area contributed by atoms with Crippen molar-refractivity contribution in [2.75, 3.05) is 7.05 Å². The number of nitrogens with zero attached hydrogens (tertiary/aromatic N) is 1. The van der Waals surface area contributed by atoms with Gasteiger partial charge in [-0.1, -0.05) is 23.7 Å². The first-order valence-electron chi connectivity index (χ1n) is 6.11. The van der Waals surface area contributed by atoms with Gasteiger partial charge in [0.2, 0.25) is 0 Å². The molecule has 0 saturated carbocycles. The summed E-state index contributed by atoms with van der Waals surface area (Å²) >= 11 is 6.29. The Morgan fingerprint density at radius 2 is 2.18 bits per heavy atom. The van der Waals surface area contributed by atoms with Crippen LogP contribution in [0, 0.1) is 0 Å². The maximum absolute atomic E-state index is 6.29. The van der Waals surface area contributed by atoms with Gasteiger partial charge in [0.1, 0.15) is 0 Å². The highest BCUT2D eigenvalue weighted by atomic mass is 35.5. The molecule has 0 amide bonds. The molecule has 1 aromatic heterocycles. The minimum atomic E-state index is 0.475. The maximum atomic E-state index is 6.29. The molecular weight excluding hydrogens is 232 g/mol. The monoisotopic (exact) mass is 250 g/mol. The molecule has 1 heterocycles. The SMILES string of the molecule is CCn1c(CC(C)NC)cc2cccc(Cl)c21. The lowest BCUT2D eigenvalue weighted by Gasteiger charge is -2.13. The molecule has 0 spiro atoms. The Bertz CT molecular complexity index is 516. The van der Waals surface area contributed by atoms with Gasteiger partial charge in [0.05, 0.1) is 10.5 Å². The Balaban J connectivity index is 2.53. The van der Waals surface area contributed by atoms with E-state index in [0.29, 0.717) is 6.04 Å². The van der Waals surface area contributed by atoms with Crippen molar-refractivity contribution in [1.82, 2.24) is 9.88 Å². The molecule has 17 heavy (non-hydrogen) atoms. The van der Waals surface area contributed by atoms with E-state index in [-0.39, 0.29) is 0 Å². The number of halogens is 1. The number of fused-ring (bicyclic) bond motifs is 1. The maximum Gasteiger partial charge on any atom is 0.0671 e. The van der Waals surface area contributed by atoms with Crippen LogP contribution in [0.5, 0.6) is 0 Å². The smallest absolute Gasteiger partial charge is 0.0671 e. The van der Waals surface area contributed by atoms with Crippen LogP contribution < -0.4 is 5.32 Å². The fourth-order valence-corrected chi connectivity index (χ4v) is 2.56. The van der Waals surface area contributed by atoms with Gasteiger partial charge in [0, 0.05) is 30.1 Å². The Kier molecular flexibility index (Phi) is 3.75. The van der Waals surface area contributed by atoms with Crippen LogP contribution in [0.2, 0.25) is 5.02 Å². The molecule has 1 aromatic carbocycles. The second-order valence-corrected chi connectivity index (χ2v) is 4.86. The summed E-state index contributed by atoms with van der Waals surface area (Å²) in [6, 6.07) is 8.82. The molecule has 92 valence electrons. The van der Waals surface area contributed by atoms with Gasteiger partial charge in [0.15, 0.2) is 0 Å². The zero-order chi connectivity index (χ0) is 12.4. The molecule has 3 heteroatoms. The standard InChI is InChI=1S/C14H19ClN2/c1-4-17-12(8-10(2)16-3)9-11-6-5-7-13(15)14(11)17/h5-7,9-10,16H,4,8H2,1-3H3. The van der Waals surface area contributed by atoms with Crippen LogP contribution in [0.4, 0.5) is 0 Å². The molecule has 0 radical (unpaired) electrons. The molecule has 0 aliphatic carbocycles. The summed E-state index contributed by atoms with van der Waals surface area (Å²) in [5, 5.41) is 5.35. The van der Waals surface area contributed by atoms with Crippen LogP contribution in [-0.4, -0.2) is 17.7 Å². The summed E-state index contributed by atoms with van der Waals surface area (Å²) in [4.78, 5) is 0. The number of aromatic nitrogens is 1. The number of benzene rings is 1. The predicted octanol–water partition coefficient (Wildman–Crippen LogP) is 3.47. The lowest BCUT2D eigenvalue weighted by molar-refractivity contribution is 0.581. The first-order chi connectivity index (χ1) is 8.17. The van der Waals surface area contributed by atoms with Crippen molar-refractivity contribution in [3.63, 3.8) is 0 Å². The van der Waals surface area contributed by atoms with Gasteiger partial charge < -0.3 is 9.88 Å². The van der Waals surface area contributed by atoms with E-state index < -0.39 is 0 Å². The molecule has 1 unspecified atom stereocenters. The summed E-state index contributed by atoms with van der Waals surface area (Å²) in [7, 11) is 2.00.